The van der Waals surface area contributed by atoms with Crippen molar-refractivity contribution in [1.82, 2.24) is 5.32 Å². The summed E-state index contributed by atoms with van der Waals surface area (Å²) in [5, 5.41) is 13.3. The van der Waals surface area contributed by atoms with Gasteiger partial charge in [0.05, 0.1) is 4.92 Å². The Morgan fingerprint density at radius 1 is 1.61 bits per heavy atom. The normalized spacial score (nSPS) is 11.9. The van der Waals surface area contributed by atoms with E-state index in [1.165, 1.54) is 0 Å². The minimum Gasteiger partial charge on any atom is -0.348 e. The second kappa shape index (κ2) is 6.06. The molecule has 0 saturated carbocycles. The molecule has 0 bridgehead atoms. The van der Waals surface area contributed by atoms with Gasteiger partial charge < -0.3 is 11.1 Å². The molecular weight excluding hydrogens is 241 g/mol. The van der Waals surface area contributed by atoms with Gasteiger partial charge in [-0.1, -0.05) is 6.92 Å². The summed E-state index contributed by atoms with van der Waals surface area (Å²) < 4.78 is 13.0. The Labute approximate surface area is 103 Å². The van der Waals surface area contributed by atoms with Gasteiger partial charge in [-0.25, -0.2) is 4.39 Å². The minimum atomic E-state index is -0.724. The molecule has 0 aliphatic heterocycles. The van der Waals surface area contributed by atoms with Crippen LogP contribution in [0.5, 0.6) is 0 Å². The number of carbonyl (C=O) groups is 1. The molecule has 0 aromatic heterocycles. The molecule has 0 aliphatic rings. The van der Waals surface area contributed by atoms with Crippen LogP contribution in [0.4, 0.5) is 10.1 Å². The number of nitrogens with zero attached hydrogens (tertiary/aromatic N) is 1. The summed E-state index contributed by atoms with van der Waals surface area (Å²) >= 11 is 0. The van der Waals surface area contributed by atoms with Gasteiger partial charge in [-0.05, 0) is 18.6 Å². The maximum atomic E-state index is 13.0. The van der Waals surface area contributed by atoms with Crippen LogP contribution in [-0.4, -0.2) is 23.4 Å². The third kappa shape index (κ3) is 3.24. The number of hydrogen-bond donors (Lipinski definition) is 2. The first-order chi connectivity index (χ1) is 8.49. The average Bonchev–Trinajstić information content (AvgIpc) is 2.35. The summed E-state index contributed by atoms with van der Waals surface area (Å²) in [5.74, 6) is -1.40. The zero-order chi connectivity index (χ0) is 13.7. The molecule has 0 saturated heterocycles. The van der Waals surface area contributed by atoms with Crippen molar-refractivity contribution in [3.05, 3.63) is 39.7 Å². The summed E-state index contributed by atoms with van der Waals surface area (Å²) in [4.78, 5) is 21.8. The van der Waals surface area contributed by atoms with Gasteiger partial charge in [0.15, 0.2) is 0 Å². The van der Waals surface area contributed by atoms with E-state index in [0.29, 0.717) is 6.42 Å². The molecule has 1 amide bonds. The first-order valence-electron chi connectivity index (χ1n) is 5.44. The highest BCUT2D eigenvalue weighted by Gasteiger charge is 2.22. The number of rotatable bonds is 5. The lowest BCUT2D eigenvalue weighted by molar-refractivity contribution is -0.385. The Bertz CT molecular complexity index is 461. The van der Waals surface area contributed by atoms with E-state index < -0.39 is 22.3 Å². The summed E-state index contributed by atoms with van der Waals surface area (Å²) in [6, 6.07) is 2.46. The molecule has 0 radical (unpaired) electrons. The van der Waals surface area contributed by atoms with E-state index in [2.05, 4.69) is 5.32 Å². The Kier molecular flexibility index (Phi) is 4.73. The van der Waals surface area contributed by atoms with Gasteiger partial charge in [0.2, 0.25) is 0 Å². The van der Waals surface area contributed by atoms with Gasteiger partial charge in [0.25, 0.3) is 11.6 Å². The molecule has 18 heavy (non-hydrogen) atoms. The number of nitrogens with two attached hydrogens (primary N) is 1. The molecule has 0 spiro atoms. The maximum absolute atomic E-state index is 13.0. The van der Waals surface area contributed by atoms with Crippen LogP contribution in [0.3, 0.4) is 0 Å². The van der Waals surface area contributed by atoms with Crippen LogP contribution in [0, 0.1) is 15.9 Å². The van der Waals surface area contributed by atoms with Crippen LogP contribution in [0.15, 0.2) is 18.2 Å². The molecule has 1 aromatic carbocycles. The highest BCUT2D eigenvalue weighted by molar-refractivity contribution is 5.98. The Hall–Kier alpha value is -2.02. The number of nitro benzene ring substituents is 1. The lowest BCUT2D eigenvalue weighted by Gasteiger charge is -2.14. The molecule has 7 heteroatoms. The van der Waals surface area contributed by atoms with Crippen LogP contribution in [-0.2, 0) is 0 Å². The third-order valence-electron chi connectivity index (χ3n) is 2.51. The van der Waals surface area contributed by atoms with Crippen LogP contribution in [0.1, 0.15) is 23.7 Å². The highest BCUT2D eigenvalue weighted by Crippen LogP contribution is 2.19. The van der Waals surface area contributed by atoms with Crippen molar-refractivity contribution in [2.24, 2.45) is 5.73 Å². The number of amides is 1. The summed E-state index contributed by atoms with van der Waals surface area (Å²) in [5.41, 5.74) is 4.69. The lowest BCUT2D eigenvalue weighted by Crippen LogP contribution is -2.39. The molecular formula is C11H14FN3O3. The van der Waals surface area contributed by atoms with E-state index in [1.807, 2.05) is 6.92 Å². The fourth-order valence-corrected chi connectivity index (χ4v) is 1.44. The average molecular weight is 255 g/mol. The monoisotopic (exact) mass is 255 g/mol. The third-order valence-corrected chi connectivity index (χ3v) is 2.51. The van der Waals surface area contributed by atoms with Crippen LogP contribution < -0.4 is 11.1 Å². The Balaban J connectivity index is 3.03. The fourth-order valence-electron chi connectivity index (χ4n) is 1.44. The summed E-state index contributed by atoms with van der Waals surface area (Å²) in [6.07, 6.45) is 0.589. The number of halogens is 1. The fraction of sp³-hybridized carbons (Fsp3) is 0.364. The van der Waals surface area contributed by atoms with Gasteiger partial charge in [-0.2, -0.15) is 0 Å². The SMILES string of the molecule is CCC(CN)NC(=O)c1cc(F)ccc1[N+](=O)[O-]. The molecule has 1 aromatic rings. The van der Waals surface area contributed by atoms with Crippen LogP contribution in [0.2, 0.25) is 0 Å². The first kappa shape index (κ1) is 14.0. The quantitative estimate of drug-likeness (QED) is 0.610. The van der Waals surface area contributed by atoms with Gasteiger partial charge in [-0.3, -0.25) is 14.9 Å². The molecule has 6 nitrogen and oxygen atoms in total. The Morgan fingerprint density at radius 3 is 2.78 bits per heavy atom. The van der Waals surface area contributed by atoms with Crippen molar-refractivity contribution >= 4 is 11.6 Å². The second-order valence-corrected chi connectivity index (χ2v) is 3.73. The van der Waals surface area contributed by atoms with Crippen LogP contribution in [0.25, 0.3) is 0 Å². The topological polar surface area (TPSA) is 98.3 Å². The van der Waals surface area contributed by atoms with E-state index in [9.17, 15) is 19.3 Å². The van der Waals surface area contributed by atoms with Gasteiger partial charge in [0, 0.05) is 18.7 Å². The zero-order valence-electron chi connectivity index (χ0n) is 9.85. The highest BCUT2D eigenvalue weighted by atomic mass is 19.1. The first-order valence-corrected chi connectivity index (χ1v) is 5.44. The van der Waals surface area contributed by atoms with Gasteiger partial charge >= 0.3 is 0 Å². The van der Waals surface area contributed by atoms with Gasteiger partial charge in [-0.15, -0.1) is 0 Å². The predicted octanol–water partition coefficient (Wildman–Crippen LogP) is 1.20. The van der Waals surface area contributed by atoms with E-state index in [0.717, 1.165) is 18.2 Å². The van der Waals surface area contributed by atoms with Crippen molar-refractivity contribution in [1.29, 1.82) is 0 Å². The van der Waals surface area contributed by atoms with Crippen molar-refractivity contribution in [2.75, 3.05) is 6.54 Å². The molecule has 0 aliphatic carbocycles. The van der Waals surface area contributed by atoms with Crippen molar-refractivity contribution in [3.8, 4) is 0 Å². The van der Waals surface area contributed by atoms with Crippen molar-refractivity contribution in [2.45, 2.75) is 19.4 Å². The lowest BCUT2D eigenvalue weighted by atomic mass is 10.1. The molecule has 1 atom stereocenters. The minimum absolute atomic E-state index is 0.214. The van der Waals surface area contributed by atoms with Crippen molar-refractivity contribution in [3.63, 3.8) is 0 Å². The smallest absolute Gasteiger partial charge is 0.282 e. The van der Waals surface area contributed by atoms with Crippen molar-refractivity contribution < 1.29 is 14.1 Å². The number of benzene rings is 1. The predicted molar refractivity (Wildman–Crippen MR) is 63.7 cm³/mol. The Morgan fingerprint density at radius 2 is 2.28 bits per heavy atom. The van der Waals surface area contributed by atoms with E-state index in [1.54, 1.807) is 0 Å². The number of carbonyl (C=O) groups excluding carboxylic acids is 1. The molecule has 1 unspecified atom stereocenters. The van der Waals surface area contributed by atoms with E-state index >= 15 is 0 Å². The molecule has 98 valence electrons. The molecule has 0 fully saturated rings. The molecule has 3 N–H and O–H groups in total. The summed E-state index contributed by atoms with van der Waals surface area (Å²) in [6.45, 7) is 2.03. The summed E-state index contributed by atoms with van der Waals surface area (Å²) in [7, 11) is 0. The van der Waals surface area contributed by atoms with E-state index in [-0.39, 0.29) is 18.2 Å². The molecule has 0 heterocycles. The van der Waals surface area contributed by atoms with Gasteiger partial charge in [0.1, 0.15) is 11.4 Å². The maximum Gasteiger partial charge on any atom is 0.282 e. The number of hydrogen-bond acceptors (Lipinski definition) is 4. The van der Waals surface area contributed by atoms with Crippen LogP contribution >= 0.6 is 0 Å². The zero-order valence-corrected chi connectivity index (χ0v) is 9.85. The second-order valence-electron chi connectivity index (χ2n) is 3.73. The molecule has 1 rings (SSSR count). The number of nitrogens with one attached hydrogen (secondary N) is 1. The largest absolute Gasteiger partial charge is 0.348 e. The van der Waals surface area contributed by atoms with E-state index in [4.69, 9.17) is 5.73 Å². The standard InChI is InChI=1S/C11H14FN3O3/c1-2-8(6-13)14-11(16)9-5-7(12)3-4-10(9)15(17)18/h3-5,8H,2,6,13H2,1H3,(H,14,16). The number of nitro groups is 1.